The highest BCUT2D eigenvalue weighted by Gasteiger charge is 2.46. The van der Waals surface area contributed by atoms with Crippen LogP contribution in [0.1, 0.15) is 18.5 Å². The minimum absolute atomic E-state index is 0.0126. The quantitative estimate of drug-likeness (QED) is 0.741. The van der Waals surface area contributed by atoms with Gasteiger partial charge >= 0.3 is 12.1 Å². The molecule has 3 rings (SSSR count). The first kappa shape index (κ1) is 22.8. The van der Waals surface area contributed by atoms with Crippen LogP contribution in [0.15, 0.2) is 37.1 Å². The van der Waals surface area contributed by atoms with E-state index in [1.165, 1.54) is 0 Å². The zero-order chi connectivity index (χ0) is 21.4. The average molecular weight is 416 g/mol. The molecule has 0 bridgehead atoms. The van der Waals surface area contributed by atoms with Crippen molar-refractivity contribution in [3.8, 4) is 0 Å². The van der Waals surface area contributed by atoms with Gasteiger partial charge in [-0.05, 0) is 25.0 Å². The van der Waals surface area contributed by atoms with Crippen molar-refractivity contribution in [3.05, 3.63) is 42.7 Å². The van der Waals surface area contributed by atoms with Crippen molar-refractivity contribution in [3.63, 3.8) is 0 Å². The van der Waals surface area contributed by atoms with Gasteiger partial charge in [-0.25, -0.2) is 4.79 Å². The first-order chi connectivity index (χ1) is 13.7. The molecule has 2 fully saturated rings. The van der Waals surface area contributed by atoms with Crippen LogP contribution in [0.25, 0.3) is 0 Å². The molecule has 2 aliphatic heterocycles. The lowest BCUT2D eigenvalue weighted by molar-refractivity contribution is -0.192. The fourth-order valence-electron chi connectivity index (χ4n) is 3.29. The van der Waals surface area contributed by atoms with Crippen molar-refractivity contribution < 1.29 is 37.3 Å². The number of fused-ring (bicyclic) bond motifs is 1. The smallest absolute Gasteiger partial charge is 0.475 e. The van der Waals surface area contributed by atoms with E-state index in [0.29, 0.717) is 19.6 Å². The molecule has 1 aromatic rings. The summed E-state index contributed by atoms with van der Waals surface area (Å²) in [5.74, 6) is -2.66. The molecule has 2 aliphatic rings. The van der Waals surface area contributed by atoms with Gasteiger partial charge in [0.1, 0.15) is 12.2 Å². The molecule has 160 valence electrons. The van der Waals surface area contributed by atoms with Gasteiger partial charge in [-0.1, -0.05) is 12.1 Å². The number of alkyl halides is 3. The van der Waals surface area contributed by atoms with Crippen molar-refractivity contribution in [2.24, 2.45) is 0 Å². The molecule has 3 atom stereocenters. The van der Waals surface area contributed by atoms with Crippen molar-refractivity contribution >= 4 is 11.9 Å². The molecule has 1 amide bonds. The lowest BCUT2D eigenvalue weighted by atomic mass is 10.0. The second-order valence-corrected chi connectivity index (χ2v) is 6.55. The molecular weight excluding hydrogens is 393 g/mol. The Labute approximate surface area is 166 Å². The van der Waals surface area contributed by atoms with Crippen molar-refractivity contribution in [2.75, 3.05) is 19.8 Å². The van der Waals surface area contributed by atoms with E-state index in [0.717, 1.165) is 25.1 Å². The molecule has 0 aliphatic carbocycles. The van der Waals surface area contributed by atoms with E-state index in [4.69, 9.17) is 19.4 Å². The second kappa shape index (κ2) is 10.4. The Kier molecular flexibility index (Phi) is 8.15. The van der Waals surface area contributed by atoms with E-state index in [-0.39, 0.29) is 24.2 Å². The van der Waals surface area contributed by atoms with Crippen molar-refractivity contribution in [1.82, 2.24) is 9.88 Å². The highest BCUT2D eigenvalue weighted by atomic mass is 19.4. The van der Waals surface area contributed by atoms with Gasteiger partial charge < -0.3 is 19.5 Å². The second-order valence-electron chi connectivity index (χ2n) is 6.55. The van der Waals surface area contributed by atoms with Gasteiger partial charge in [0.2, 0.25) is 5.91 Å². The number of pyridine rings is 1. The van der Waals surface area contributed by atoms with Gasteiger partial charge in [0.15, 0.2) is 0 Å². The topological polar surface area (TPSA) is 89.0 Å². The summed E-state index contributed by atoms with van der Waals surface area (Å²) in [6.07, 6.45) is 0.594. The minimum atomic E-state index is -5.08. The number of carboxylic acid groups (broad SMARTS) is 1. The molecule has 7 nitrogen and oxygen atoms in total. The van der Waals surface area contributed by atoms with Crippen molar-refractivity contribution in [1.29, 1.82) is 0 Å². The minimum Gasteiger partial charge on any atom is -0.475 e. The number of nitrogens with zero attached hydrogens (tertiary/aromatic N) is 2. The van der Waals surface area contributed by atoms with E-state index in [2.05, 4.69) is 11.6 Å². The lowest BCUT2D eigenvalue weighted by Gasteiger charge is -2.32. The molecule has 0 radical (unpaired) electrons. The first-order valence-electron chi connectivity index (χ1n) is 9.07. The molecule has 10 heteroatoms. The molecule has 0 spiro atoms. The van der Waals surface area contributed by atoms with Crippen LogP contribution >= 0.6 is 0 Å². The number of amides is 1. The molecular formula is C19H23F3N2O5. The Morgan fingerprint density at radius 1 is 1.41 bits per heavy atom. The number of carbonyl (C=O) groups is 2. The van der Waals surface area contributed by atoms with Crippen LogP contribution in [-0.4, -0.2) is 71.1 Å². The van der Waals surface area contributed by atoms with Crippen LogP contribution in [0.4, 0.5) is 13.2 Å². The molecule has 29 heavy (non-hydrogen) atoms. The van der Waals surface area contributed by atoms with Crippen LogP contribution in [-0.2, 0) is 25.5 Å². The van der Waals surface area contributed by atoms with Crippen LogP contribution < -0.4 is 0 Å². The summed E-state index contributed by atoms with van der Waals surface area (Å²) in [4.78, 5) is 27.7. The number of hydrogen-bond acceptors (Lipinski definition) is 5. The molecule has 3 heterocycles. The number of hydrogen-bond donors (Lipinski definition) is 1. The fraction of sp³-hybridized carbons (Fsp3) is 0.526. The number of halogens is 3. The maximum absolute atomic E-state index is 12.6. The molecule has 2 saturated heterocycles. The third-order valence-corrected chi connectivity index (χ3v) is 4.53. The monoisotopic (exact) mass is 416 g/mol. The number of carbonyl (C=O) groups excluding carboxylic acids is 1. The van der Waals surface area contributed by atoms with Gasteiger partial charge in [-0.15, -0.1) is 6.58 Å². The largest absolute Gasteiger partial charge is 0.490 e. The zero-order valence-corrected chi connectivity index (χ0v) is 15.7. The van der Waals surface area contributed by atoms with Crippen LogP contribution in [0.2, 0.25) is 0 Å². The molecule has 0 saturated carbocycles. The van der Waals surface area contributed by atoms with E-state index < -0.39 is 12.1 Å². The third-order valence-electron chi connectivity index (χ3n) is 4.53. The SMILES string of the molecule is C=CCO[C@@H]1CN(C(=O)Cc2ccccn2)[C@@H]2CCCO[C@@H]21.O=C(O)C(F)(F)F. The summed E-state index contributed by atoms with van der Waals surface area (Å²) in [5, 5.41) is 7.12. The highest BCUT2D eigenvalue weighted by molar-refractivity contribution is 5.79. The van der Waals surface area contributed by atoms with Gasteiger partial charge in [-0.3, -0.25) is 9.78 Å². The molecule has 1 N–H and O–H groups in total. The Balaban J connectivity index is 0.000000370. The fourth-order valence-corrected chi connectivity index (χ4v) is 3.29. The summed E-state index contributed by atoms with van der Waals surface area (Å²) in [7, 11) is 0. The Bertz CT molecular complexity index is 699. The normalized spacial score (nSPS) is 23.6. The lowest BCUT2D eigenvalue weighted by Crippen LogP contribution is -2.44. The van der Waals surface area contributed by atoms with E-state index in [9.17, 15) is 18.0 Å². The van der Waals surface area contributed by atoms with E-state index in [1.54, 1.807) is 12.3 Å². The summed E-state index contributed by atoms with van der Waals surface area (Å²) >= 11 is 0. The highest BCUT2D eigenvalue weighted by Crippen LogP contribution is 2.31. The molecule has 0 aromatic carbocycles. The first-order valence-corrected chi connectivity index (χ1v) is 9.07. The Morgan fingerprint density at radius 3 is 2.72 bits per heavy atom. The Hall–Kier alpha value is -2.46. The predicted molar refractivity (Wildman–Crippen MR) is 96.0 cm³/mol. The van der Waals surface area contributed by atoms with Crippen molar-refractivity contribution in [2.45, 2.75) is 43.7 Å². The Morgan fingerprint density at radius 2 is 2.14 bits per heavy atom. The molecule has 0 unspecified atom stereocenters. The van der Waals surface area contributed by atoms with Crippen LogP contribution in [0.5, 0.6) is 0 Å². The van der Waals surface area contributed by atoms with Gasteiger partial charge in [-0.2, -0.15) is 13.2 Å². The summed E-state index contributed by atoms with van der Waals surface area (Å²) in [6.45, 7) is 5.51. The summed E-state index contributed by atoms with van der Waals surface area (Å²) in [6, 6.07) is 5.77. The summed E-state index contributed by atoms with van der Waals surface area (Å²) in [5.41, 5.74) is 0.802. The third kappa shape index (κ3) is 6.53. The maximum atomic E-state index is 12.6. The van der Waals surface area contributed by atoms with Gasteiger partial charge in [0, 0.05) is 25.0 Å². The molecule has 1 aromatic heterocycles. The number of aliphatic carboxylic acids is 1. The van der Waals surface area contributed by atoms with Gasteiger partial charge in [0.05, 0.1) is 19.1 Å². The standard InChI is InChI=1S/C17H22N2O3.C2HF3O2/c1-2-9-21-15-12-19(14-7-5-10-22-17(14)15)16(20)11-13-6-3-4-8-18-13;3-2(4,5)1(6)7/h2-4,6,8,14-15,17H,1,5,7,9-12H2;(H,6,7)/t14-,15-,17+;/m1./s1. The van der Waals surface area contributed by atoms with Crippen LogP contribution in [0, 0.1) is 0 Å². The number of likely N-dealkylation sites (tertiary alicyclic amines) is 1. The number of rotatable bonds is 5. The van der Waals surface area contributed by atoms with E-state index in [1.807, 2.05) is 23.1 Å². The zero-order valence-electron chi connectivity index (χ0n) is 15.7. The van der Waals surface area contributed by atoms with Crippen LogP contribution in [0.3, 0.4) is 0 Å². The maximum Gasteiger partial charge on any atom is 0.490 e. The average Bonchev–Trinajstić information content (AvgIpc) is 3.06. The van der Waals surface area contributed by atoms with Gasteiger partial charge in [0.25, 0.3) is 0 Å². The number of ether oxygens (including phenoxy) is 2. The van der Waals surface area contributed by atoms with E-state index >= 15 is 0 Å². The number of aromatic nitrogens is 1. The predicted octanol–water partition coefficient (Wildman–Crippen LogP) is 2.22. The summed E-state index contributed by atoms with van der Waals surface area (Å²) < 4.78 is 43.4. The number of carboxylic acids is 1.